The van der Waals surface area contributed by atoms with Gasteiger partial charge in [0.2, 0.25) is 0 Å². The molecule has 0 atom stereocenters. The Hall–Kier alpha value is -2.74. The molecule has 0 saturated carbocycles. The lowest BCUT2D eigenvalue weighted by Crippen LogP contribution is -1.89. The first-order valence-electron chi connectivity index (χ1n) is 8.07. The topological polar surface area (TPSA) is 0 Å². The van der Waals surface area contributed by atoms with Crippen molar-refractivity contribution in [1.29, 1.82) is 0 Å². The molecule has 4 aromatic carbocycles. The average molecular weight is 318 g/mol. The Morgan fingerprint density at radius 1 is 0.708 bits per heavy atom. The first kappa shape index (κ1) is 14.8. The highest BCUT2D eigenvalue weighted by molar-refractivity contribution is 6.08. The van der Waals surface area contributed by atoms with Gasteiger partial charge in [-0.1, -0.05) is 61.5 Å². The van der Waals surface area contributed by atoms with Crippen LogP contribution in [0.2, 0.25) is 0 Å². The number of halogens is 2. The summed E-state index contributed by atoms with van der Waals surface area (Å²) < 4.78 is 28.1. The van der Waals surface area contributed by atoms with E-state index in [1.54, 1.807) is 18.2 Å². The lowest BCUT2D eigenvalue weighted by molar-refractivity contribution is 0.627. The summed E-state index contributed by atoms with van der Waals surface area (Å²) in [5.74, 6) is -0.585. The van der Waals surface area contributed by atoms with Crippen LogP contribution in [0.4, 0.5) is 8.78 Å². The zero-order valence-electron chi connectivity index (χ0n) is 13.3. The fourth-order valence-corrected chi connectivity index (χ4v) is 3.23. The van der Waals surface area contributed by atoms with Gasteiger partial charge in [0.1, 0.15) is 11.6 Å². The standard InChI is InChI=1S/C22H16F2/c1-2-14-3-9-18-16(13-14)6-10-21-20(18)12-11-19(22(21)24)15-4-7-17(23)8-5-15/h3-13H,2H2,1H3. The van der Waals surface area contributed by atoms with Crippen molar-refractivity contribution in [2.24, 2.45) is 0 Å². The maximum absolute atomic E-state index is 15.0. The minimum absolute atomic E-state index is 0.263. The fraction of sp³-hybridized carbons (Fsp3) is 0.0909. The summed E-state index contributed by atoms with van der Waals surface area (Å²) in [6.45, 7) is 2.12. The summed E-state index contributed by atoms with van der Waals surface area (Å²) in [6.07, 6.45) is 0.978. The Balaban J connectivity index is 1.96. The molecule has 0 nitrogen and oxygen atoms in total. The van der Waals surface area contributed by atoms with Gasteiger partial charge in [-0.25, -0.2) is 8.78 Å². The van der Waals surface area contributed by atoms with Crippen LogP contribution in [0.3, 0.4) is 0 Å². The highest BCUT2D eigenvalue weighted by atomic mass is 19.1. The Morgan fingerprint density at radius 2 is 1.42 bits per heavy atom. The molecule has 0 aromatic heterocycles. The van der Waals surface area contributed by atoms with Crippen molar-refractivity contribution in [1.82, 2.24) is 0 Å². The third kappa shape index (κ3) is 2.35. The van der Waals surface area contributed by atoms with Gasteiger partial charge in [-0.15, -0.1) is 0 Å². The Morgan fingerprint density at radius 3 is 2.17 bits per heavy atom. The number of hydrogen-bond donors (Lipinski definition) is 0. The van der Waals surface area contributed by atoms with Gasteiger partial charge in [-0.3, -0.25) is 0 Å². The minimum atomic E-state index is -0.322. The largest absolute Gasteiger partial charge is 0.207 e. The monoisotopic (exact) mass is 318 g/mol. The van der Waals surface area contributed by atoms with E-state index in [0.29, 0.717) is 16.5 Å². The second-order valence-corrected chi connectivity index (χ2v) is 6.00. The van der Waals surface area contributed by atoms with E-state index >= 15 is 4.39 Å². The molecule has 0 fully saturated rings. The van der Waals surface area contributed by atoms with Gasteiger partial charge in [0.05, 0.1) is 0 Å². The van der Waals surface area contributed by atoms with Crippen LogP contribution in [0, 0.1) is 11.6 Å². The SMILES string of the molecule is CCc1ccc2c(ccc3c(F)c(-c4ccc(F)cc4)ccc32)c1. The van der Waals surface area contributed by atoms with Crippen molar-refractivity contribution in [3.8, 4) is 11.1 Å². The Labute approximate surface area is 139 Å². The van der Waals surface area contributed by atoms with Crippen LogP contribution in [0.1, 0.15) is 12.5 Å². The first-order valence-corrected chi connectivity index (χ1v) is 8.07. The summed E-state index contributed by atoms with van der Waals surface area (Å²) in [6, 6.07) is 19.7. The molecule has 0 spiro atoms. The molecule has 0 bridgehead atoms. The number of rotatable bonds is 2. The van der Waals surface area contributed by atoms with Crippen molar-refractivity contribution in [3.63, 3.8) is 0 Å². The maximum Gasteiger partial charge on any atom is 0.138 e. The summed E-state index contributed by atoms with van der Waals surface area (Å²) in [4.78, 5) is 0. The number of benzene rings is 4. The predicted molar refractivity (Wildman–Crippen MR) is 96.2 cm³/mol. The molecule has 24 heavy (non-hydrogen) atoms. The molecule has 4 aromatic rings. The molecule has 0 aliphatic rings. The van der Waals surface area contributed by atoms with E-state index in [1.807, 2.05) is 18.2 Å². The predicted octanol–water partition coefficient (Wildman–Crippen LogP) is 6.50. The van der Waals surface area contributed by atoms with E-state index in [9.17, 15) is 4.39 Å². The van der Waals surface area contributed by atoms with Crippen LogP contribution < -0.4 is 0 Å². The summed E-state index contributed by atoms with van der Waals surface area (Å²) in [5, 5.41) is 3.66. The molecule has 0 aliphatic heterocycles. The zero-order chi connectivity index (χ0) is 16.7. The van der Waals surface area contributed by atoms with E-state index in [4.69, 9.17) is 0 Å². The van der Waals surface area contributed by atoms with E-state index in [1.165, 1.54) is 17.7 Å². The van der Waals surface area contributed by atoms with E-state index in [-0.39, 0.29) is 11.6 Å². The Bertz CT molecular complexity index is 1050. The quantitative estimate of drug-likeness (QED) is 0.370. The van der Waals surface area contributed by atoms with Crippen molar-refractivity contribution >= 4 is 21.5 Å². The van der Waals surface area contributed by atoms with Gasteiger partial charge in [0.25, 0.3) is 0 Å². The van der Waals surface area contributed by atoms with Crippen LogP contribution in [0.5, 0.6) is 0 Å². The molecule has 118 valence electrons. The van der Waals surface area contributed by atoms with Crippen molar-refractivity contribution in [3.05, 3.63) is 83.9 Å². The molecule has 0 amide bonds. The molecule has 0 unspecified atom stereocenters. The highest BCUT2D eigenvalue weighted by Gasteiger charge is 2.11. The second kappa shape index (κ2) is 5.72. The summed E-state index contributed by atoms with van der Waals surface area (Å²) in [7, 11) is 0. The van der Waals surface area contributed by atoms with Crippen LogP contribution in [0.15, 0.2) is 66.7 Å². The molecule has 0 N–H and O–H groups in total. The molecular weight excluding hydrogens is 302 g/mol. The van der Waals surface area contributed by atoms with E-state index in [0.717, 1.165) is 22.6 Å². The van der Waals surface area contributed by atoms with Crippen LogP contribution >= 0.6 is 0 Å². The number of aryl methyl sites for hydroxylation is 1. The van der Waals surface area contributed by atoms with Gasteiger partial charge in [0.15, 0.2) is 0 Å². The van der Waals surface area contributed by atoms with Crippen LogP contribution in [0.25, 0.3) is 32.7 Å². The highest BCUT2D eigenvalue weighted by Crippen LogP contribution is 2.33. The lowest BCUT2D eigenvalue weighted by Gasteiger charge is -2.10. The summed E-state index contributed by atoms with van der Waals surface area (Å²) >= 11 is 0. The van der Waals surface area contributed by atoms with E-state index < -0.39 is 0 Å². The Kier molecular flexibility index (Phi) is 3.53. The van der Waals surface area contributed by atoms with E-state index in [2.05, 4.69) is 25.1 Å². The average Bonchev–Trinajstić information content (AvgIpc) is 2.62. The number of fused-ring (bicyclic) bond motifs is 3. The molecule has 0 aliphatic carbocycles. The molecule has 2 heteroatoms. The molecule has 0 saturated heterocycles. The minimum Gasteiger partial charge on any atom is -0.207 e. The maximum atomic E-state index is 15.0. The van der Waals surface area contributed by atoms with Gasteiger partial charge in [-0.2, -0.15) is 0 Å². The zero-order valence-corrected chi connectivity index (χ0v) is 13.3. The normalized spacial score (nSPS) is 11.3. The summed E-state index contributed by atoms with van der Waals surface area (Å²) in [5.41, 5.74) is 2.44. The van der Waals surface area contributed by atoms with Crippen LogP contribution in [-0.2, 0) is 6.42 Å². The molecule has 0 radical (unpaired) electrons. The molecule has 0 heterocycles. The third-order valence-electron chi connectivity index (χ3n) is 4.58. The number of hydrogen-bond acceptors (Lipinski definition) is 0. The van der Waals surface area contributed by atoms with Gasteiger partial charge in [0, 0.05) is 10.9 Å². The van der Waals surface area contributed by atoms with Crippen molar-refractivity contribution < 1.29 is 8.78 Å². The smallest absolute Gasteiger partial charge is 0.138 e. The lowest BCUT2D eigenvalue weighted by atomic mass is 9.95. The van der Waals surface area contributed by atoms with Gasteiger partial charge >= 0.3 is 0 Å². The first-order chi connectivity index (χ1) is 11.7. The van der Waals surface area contributed by atoms with Crippen molar-refractivity contribution in [2.75, 3.05) is 0 Å². The van der Waals surface area contributed by atoms with Gasteiger partial charge in [-0.05, 0) is 45.8 Å². The fourth-order valence-electron chi connectivity index (χ4n) is 3.23. The molecule has 4 rings (SSSR count). The van der Waals surface area contributed by atoms with Crippen LogP contribution in [-0.4, -0.2) is 0 Å². The second-order valence-electron chi connectivity index (χ2n) is 6.00. The van der Waals surface area contributed by atoms with Crippen molar-refractivity contribution in [2.45, 2.75) is 13.3 Å². The van der Waals surface area contributed by atoms with Gasteiger partial charge < -0.3 is 0 Å². The third-order valence-corrected chi connectivity index (χ3v) is 4.58. The molecular formula is C22H16F2.